The maximum atomic E-state index is 12.7. The van der Waals surface area contributed by atoms with Crippen LogP contribution >= 0.6 is 12.6 Å². The van der Waals surface area contributed by atoms with E-state index in [-0.39, 0.29) is 12.2 Å². The topological polar surface area (TPSA) is 200 Å². The van der Waals surface area contributed by atoms with Gasteiger partial charge in [-0.15, -0.1) is 0 Å². The molecule has 0 aliphatic rings. The number of aliphatic hydroxyl groups excluding tert-OH is 1. The molecule has 0 spiro atoms. The Labute approximate surface area is 178 Å². The van der Waals surface area contributed by atoms with Gasteiger partial charge in [0, 0.05) is 24.1 Å². The minimum atomic E-state index is -1.36. The Hall–Kier alpha value is -2.64. The van der Waals surface area contributed by atoms with Gasteiger partial charge in [-0.1, -0.05) is 13.8 Å². The molecule has 1 aromatic heterocycles. The summed E-state index contributed by atoms with van der Waals surface area (Å²) in [7, 11) is 0. The lowest BCUT2D eigenvalue weighted by Crippen LogP contribution is -2.59. The summed E-state index contributed by atoms with van der Waals surface area (Å²) in [5, 5.41) is 25.9. The van der Waals surface area contributed by atoms with E-state index in [1.807, 2.05) is 0 Å². The van der Waals surface area contributed by atoms with Crippen LogP contribution in [0.3, 0.4) is 0 Å². The van der Waals surface area contributed by atoms with E-state index in [0.29, 0.717) is 5.69 Å². The minimum Gasteiger partial charge on any atom is -0.480 e. The molecule has 8 N–H and O–H groups in total. The standard InChI is InChI=1S/C17H28N6O6S/c1-8(2)13(17(28)29)23-15(26)11(3-9-4-19-7-20-9)21-16(27)12(5-24)22-14(25)10(18)6-30/h4,7-8,10-13,24,30H,3,5-6,18H2,1-2H3,(H,19,20)(H,21,27)(H,22,25)(H,23,26)(H,28,29). The molecule has 0 saturated heterocycles. The number of rotatable bonds is 12. The molecular formula is C17H28N6O6S. The number of aliphatic hydroxyl groups is 1. The molecule has 0 bridgehead atoms. The number of carboxylic acid groups (broad SMARTS) is 1. The number of nitrogens with zero attached hydrogens (tertiary/aromatic N) is 1. The van der Waals surface area contributed by atoms with Gasteiger partial charge in [0.05, 0.1) is 19.0 Å². The number of imidazole rings is 1. The summed E-state index contributed by atoms with van der Waals surface area (Å²) in [6.45, 7) is 2.52. The zero-order chi connectivity index (χ0) is 22.8. The Morgan fingerprint density at radius 1 is 1.13 bits per heavy atom. The van der Waals surface area contributed by atoms with Crippen LogP contribution in [0.2, 0.25) is 0 Å². The van der Waals surface area contributed by atoms with Crippen molar-refractivity contribution in [1.29, 1.82) is 0 Å². The number of H-pyrrole nitrogens is 1. The molecule has 168 valence electrons. The number of thiol groups is 1. The molecule has 0 radical (unpaired) electrons. The third-order valence-electron chi connectivity index (χ3n) is 4.19. The van der Waals surface area contributed by atoms with Gasteiger partial charge >= 0.3 is 5.97 Å². The number of carbonyl (C=O) groups excluding carboxylic acids is 3. The third kappa shape index (κ3) is 7.65. The summed E-state index contributed by atoms with van der Waals surface area (Å²) in [5.74, 6) is -3.86. The molecule has 30 heavy (non-hydrogen) atoms. The lowest BCUT2D eigenvalue weighted by Gasteiger charge is -2.25. The molecule has 0 fully saturated rings. The largest absolute Gasteiger partial charge is 0.480 e. The Bertz CT molecular complexity index is 728. The van der Waals surface area contributed by atoms with Crippen LogP contribution in [0.5, 0.6) is 0 Å². The Morgan fingerprint density at radius 3 is 2.20 bits per heavy atom. The number of carbonyl (C=O) groups is 4. The first-order valence-electron chi connectivity index (χ1n) is 9.19. The second kappa shape index (κ2) is 12.1. The van der Waals surface area contributed by atoms with Crippen molar-refractivity contribution < 1.29 is 29.4 Å². The lowest BCUT2D eigenvalue weighted by atomic mass is 10.0. The van der Waals surface area contributed by atoms with Crippen molar-refractivity contribution >= 4 is 36.3 Å². The van der Waals surface area contributed by atoms with Crippen LogP contribution in [0.15, 0.2) is 12.5 Å². The van der Waals surface area contributed by atoms with Crippen molar-refractivity contribution in [2.45, 2.75) is 44.4 Å². The van der Waals surface area contributed by atoms with Crippen LogP contribution in [-0.4, -0.2) is 80.4 Å². The van der Waals surface area contributed by atoms with Crippen LogP contribution in [0, 0.1) is 5.92 Å². The highest BCUT2D eigenvalue weighted by Crippen LogP contribution is 2.05. The van der Waals surface area contributed by atoms with Crippen molar-refractivity contribution in [3.63, 3.8) is 0 Å². The highest BCUT2D eigenvalue weighted by molar-refractivity contribution is 7.80. The third-order valence-corrected chi connectivity index (χ3v) is 4.58. The summed E-state index contributed by atoms with van der Waals surface area (Å²) in [6.07, 6.45) is 2.81. The summed E-state index contributed by atoms with van der Waals surface area (Å²) < 4.78 is 0. The summed E-state index contributed by atoms with van der Waals surface area (Å²) >= 11 is 3.90. The van der Waals surface area contributed by atoms with Gasteiger partial charge < -0.3 is 36.9 Å². The fourth-order valence-electron chi connectivity index (χ4n) is 2.42. The molecule has 13 heteroatoms. The highest BCUT2D eigenvalue weighted by Gasteiger charge is 2.31. The number of nitrogens with one attached hydrogen (secondary N) is 4. The number of amides is 3. The fraction of sp³-hybridized carbons (Fsp3) is 0.588. The number of aromatic nitrogens is 2. The van der Waals surface area contributed by atoms with Crippen molar-refractivity contribution in [2.24, 2.45) is 11.7 Å². The molecule has 0 aliphatic carbocycles. The zero-order valence-corrected chi connectivity index (χ0v) is 17.6. The predicted molar refractivity (Wildman–Crippen MR) is 109 cm³/mol. The maximum absolute atomic E-state index is 12.7. The molecule has 4 atom stereocenters. The Kier molecular flexibility index (Phi) is 10.3. The number of nitrogens with two attached hydrogens (primary N) is 1. The SMILES string of the molecule is CC(C)C(NC(=O)C(Cc1cnc[nH]1)NC(=O)C(CO)NC(=O)C(N)CS)C(=O)O. The van der Waals surface area contributed by atoms with E-state index in [1.165, 1.54) is 12.5 Å². The summed E-state index contributed by atoms with van der Waals surface area (Å²) in [4.78, 5) is 55.2. The number of hydrogen-bond acceptors (Lipinski definition) is 8. The molecule has 1 heterocycles. The number of carboxylic acids is 1. The fourth-order valence-corrected chi connectivity index (χ4v) is 2.59. The van der Waals surface area contributed by atoms with Crippen molar-refractivity contribution in [3.8, 4) is 0 Å². The Morgan fingerprint density at radius 2 is 1.73 bits per heavy atom. The Balaban J connectivity index is 2.96. The number of hydrogen-bond donors (Lipinski definition) is 8. The monoisotopic (exact) mass is 444 g/mol. The molecule has 0 aromatic carbocycles. The average molecular weight is 445 g/mol. The van der Waals surface area contributed by atoms with Crippen molar-refractivity contribution in [1.82, 2.24) is 25.9 Å². The normalized spacial score (nSPS) is 15.0. The van der Waals surface area contributed by atoms with Crippen molar-refractivity contribution in [3.05, 3.63) is 18.2 Å². The van der Waals surface area contributed by atoms with E-state index in [1.54, 1.807) is 13.8 Å². The van der Waals surface area contributed by atoms with E-state index in [4.69, 9.17) is 5.73 Å². The van der Waals surface area contributed by atoms with Gasteiger partial charge in [0.1, 0.15) is 18.1 Å². The second-order valence-corrected chi connectivity index (χ2v) is 7.31. The van der Waals surface area contributed by atoms with E-state index in [0.717, 1.165) is 0 Å². The van der Waals surface area contributed by atoms with Crippen molar-refractivity contribution in [2.75, 3.05) is 12.4 Å². The van der Waals surface area contributed by atoms with Crippen LogP contribution < -0.4 is 21.7 Å². The zero-order valence-electron chi connectivity index (χ0n) is 16.7. The lowest BCUT2D eigenvalue weighted by molar-refractivity contribution is -0.143. The van der Waals surface area contributed by atoms with Gasteiger partial charge in [0.2, 0.25) is 17.7 Å². The molecule has 3 amide bonds. The first kappa shape index (κ1) is 25.4. The molecule has 12 nitrogen and oxygen atoms in total. The first-order valence-corrected chi connectivity index (χ1v) is 9.82. The first-order chi connectivity index (χ1) is 14.1. The van der Waals surface area contributed by atoms with E-state index >= 15 is 0 Å². The molecule has 0 aliphatic heterocycles. The van der Waals surface area contributed by atoms with E-state index in [2.05, 4.69) is 38.5 Å². The summed E-state index contributed by atoms with van der Waals surface area (Å²) in [5.41, 5.74) is 6.05. The van der Waals surface area contributed by atoms with E-state index in [9.17, 15) is 29.4 Å². The van der Waals surface area contributed by atoms with Gasteiger partial charge in [-0.2, -0.15) is 12.6 Å². The smallest absolute Gasteiger partial charge is 0.326 e. The maximum Gasteiger partial charge on any atom is 0.326 e. The van der Waals surface area contributed by atoms with Crippen LogP contribution in [-0.2, 0) is 25.6 Å². The summed E-state index contributed by atoms with van der Waals surface area (Å²) in [6, 6.07) is -4.70. The average Bonchev–Trinajstić information content (AvgIpc) is 3.20. The second-order valence-electron chi connectivity index (χ2n) is 6.94. The van der Waals surface area contributed by atoms with Gasteiger partial charge in [-0.25, -0.2) is 9.78 Å². The predicted octanol–water partition coefficient (Wildman–Crippen LogP) is -2.60. The van der Waals surface area contributed by atoms with E-state index < -0.39 is 60.4 Å². The van der Waals surface area contributed by atoms with Crippen LogP contribution in [0.25, 0.3) is 0 Å². The van der Waals surface area contributed by atoms with Crippen LogP contribution in [0.1, 0.15) is 19.5 Å². The molecule has 4 unspecified atom stereocenters. The molecule has 1 aromatic rings. The van der Waals surface area contributed by atoms with Gasteiger partial charge in [-0.3, -0.25) is 14.4 Å². The van der Waals surface area contributed by atoms with Crippen LogP contribution in [0.4, 0.5) is 0 Å². The van der Waals surface area contributed by atoms with Gasteiger partial charge in [0.25, 0.3) is 0 Å². The molecule has 1 rings (SSSR count). The number of aromatic amines is 1. The molecule has 0 saturated carbocycles. The van der Waals surface area contributed by atoms with Gasteiger partial charge in [0.15, 0.2) is 0 Å². The number of aliphatic carboxylic acids is 1. The van der Waals surface area contributed by atoms with Gasteiger partial charge in [-0.05, 0) is 5.92 Å². The minimum absolute atomic E-state index is 0.0236. The highest BCUT2D eigenvalue weighted by atomic mass is 32.1. The quantitative estimate of drug-likeness (QED) is 0.160. The molecular weight excluding hydrogens is 416 g/mol.